The van der Waals surface area contributed by atoms with E-state index in [4.69, 9.17) is 4.74 Å². The minimum absolute atomic E-state index is 0.165. The molecule has 1 aliphatic heterocycles. The highest BCUT2D eigenvalue weighted by molar-refractivity contribution is 7.89. The molecule has 0 bridgehead atoms. The minimum atomic E-state index is -3.60. The molecule has 0 atom stereocenters. The lowest BCUT2D eigenvalue weighted by molar-refractivity contribution is 0.0940. The number of hydrogen-bond acceptors (Lipinski definition) is 4. The van der Waals surface area contributed by atoms with Gasteiger partial charge in [-0.25, -0.2) is 8.42 Å². The molecule has 1 aromatic rings. The molecule has 1 amide bonds. The smallest absolute Gasteiger partial charge is 0.255 e. The maximum atomic E-state index is 13.1. The van der Waals surface area contributed by atoms with Crippen LogP contribution in [0, 0.1) is 5.92 Å². The number of ether oxygens (including phenoxy) is 1. The van der Waals surface area contributed by atoms with E-state index in [0.29, 0.717) is 31.3 Å². The Hall–Kier alpha value is -1.60. The Bertz CT molecular complexity index is 765. The van der Waals surface area contributed by atoms with E-state index >= 15 is 0 Å². The van der Waals surface area contributed by atoms with Crippen LogP contribution in [0.15, 0.2) is 23.1 Å². The number of nitrogens with zero attached hydrogens (tertiary/aromatic N) is 1. The van der Waals surface area contributed by atoms with Crippen molar-refractivity contribution in [3.05, 3.63) is 23.8 Å². The average molecular weight is 409 g/mol. The number of rotatable bonds is 6. The van der Waals surface area contributed by atoms with Gasteiger partial charge in [0.25, 0.3) is 5.91 Å². The molecule has 6 nitrogen and oxygen atoms in total. The van der Waals surface area contributed by atoms with Crippen molar-refractivity contribution in [1.29, 1.82) is 0 Å². The summed E-state index contributed by atoms with van der Waals surface area (Å²) in [7, 11) is -2.11. The molecule has 1 saturated carbocycles. The first-order valence-electron chi connectivity index (χ1n) is 10.5. The monoisotopic (exact) mass is 408 g/mol. The molecule has 0 spiro atoms. The molecule has 1 aromatic carbocycles. The van der Waals surface area contributed by atoms with E-state index < -0.39 is 10.0 Å². The molecular formula is C21H32N2O4S. The predicted octanol–water partition coefficient (Wildman–Crippen LogP) is 3.57. The van der Waals surface area contributed by atoms with Crippen molar-refractivity contribution in [2.24, 2.45) is 5.92 Å². The lowest BCUT2D eigenvalue weighted by Gasteiger charge is -2.22. The molecule has 2 fully saturated rings. The first kappa shape index (κ1) is 21.1. The van der Waals surface area contributed by atoms with Crippen molar-refractivity contribution in [3.63, 3.8) is 0 Å². The van der Waals surface area contributed by atoms with E-state index in [1.807, 2.05) is 0 Å². The fourth-order valence-electron chi connectivity index (χ4n) is 4.18. The van der Waals surface area contributed by atoms with Gasteiger partial charge in [0.1, 0.15) is 5.75 Å². The topological polar surface area (TPSA) is 75.7 Å². The van der Waals surface area contributed by atoms with Crippen molar-refractivity contribution in [2.75, 3.05) is 26.7 Å². The number of methoxy groups -OCH3 is 1. The lowest BCUT2D eigenvalue weighted by Crippen LogP contribution is -2.33. The number of nitrogens with one attached hydrogen (secondary N) is 1. The molecule has 1 saturated heterocycles. The highest BCUT2D eigenvalue weighted by Gasteiger charge is 2.27. The summed E-state index contributed by atoms with van der Waals surface area (Å²) in [6.07, 6.45) is 9.86. The molecule has 3 rings (SSSR count). The Balaban J connectivity index is 1.77. The second kappa shape index (κ2) is 9.74. The van der Waals surface area contributed by atoms with Crippen molar-refractivity contribution in [3.8, 4) is 5.75 Å². The number of carbonyl (C=O) groups excluding carboxylic acids is 1. The minimum Gasteiger partial charge on any atom is -0.496 e. The van der Waals surface area contributed by atoms with Crippen LogP contribution in [0.3, 0.4) is 0 Å². The van der Waals surface area contributed by atoms with Crippen LogP contribution in [0.1, 0.15) is 68.1 Å². The van der Waals surface area contributed by atoms with Gasteiger partial charge in [-0.05, 0) is 49.8 Å². The Morgan fingerprint density at radius 3 is 2.36 bits per heavy atom. The molecule has 1 heterocycles. The second-order valence-electron chi connectivity index (χ2n) is 7.89. The van der Waals surface area contributed by atoms with Gasteiger partial charge < -0.3 is 10.1 Å². The van der Waals surface area contributed by atoms with Gasteiger partial charge in [-0.15, -0.1) is 0 Å². The van der Waals surface area contributed by atoms with Gasteiger partial charge in [0.05, 0.1) is 17.6 Å². The summed E-state index contributed by atoms with van der Waals surface area (Å²) in [5.41, 5.74) is 0.286. The number of hydrogen-bond donors (Lipinski definition) is 1. The van der Waals surface area contributed by atoms with Gasteiger partial charge in [-0.1, -0.05) is 32.1 Å². The van der Waals surface area contributed by atoms with Crippen molar-refractivity contribution in [1.82, 2.24) is 9.62 Å². The number of benzene rings is 1. The molecule has 0 unspecified atom stereocenters. The predicted molar refractivity (Wildman–Crippen MR) is 109 cm³/mol. The van der Waals surface area contributed by atoms with Gasteiger partial charge >= 0.3 is 0 Å². The third-order valence-electron chi connectivity index (χ3n) is 5.89. The van der Waals surface area contributed by atoms with Crippen LogP contribution in [0.5, 0.6) is 5.75 Å². The molecule has 2 aliphatic rings. The molecule has 1 aliphatic carbocycles. The van der Waals surface area contributed by atoms with E-state index in [9.17, 15) is 13.2 Å². The zero-order chi connectivity index (χ0) is 20.0. The van der Waals surface area contributed by atoms with Crippen LogP contribution >= 0.6 is 0 Å². The number of sulfonamides is 1. The lowest BCUT2D eigenvalue weighted by atomic mass is 9.89. The van der Waals surface area contributed by atoms with Gasteiger partial charge in [0.2, 0.25) is 10.0 Å². The zero-order valence-corrected chi connectivity index (χ0v) is 17.6. The van der Waals surface area contributed by atoms with Crippen LogP contribution in [0.4, 0.5) is 0 Å². The van der Waals surface area contributed by atoms with E-state index in [2.05, 4.69) is 5.32 Å². The largest absolute Gasteiger partial charge is 0.496 e. The quantitative estimate of drug-likeness (QED) is 0.781. The summed E-state index contributed by atoms with van der Waals surface area (Å²) in [5.74, 6) is 0.638. The summed E-state index contributed by atoms with van der Waals surface area (Å²) >= 11 is 0. The van der Waals surface area contributed by atoms with Crippen LogP contribution in [-0.4, -0.2) is 45.4 Å². The Kier molecular flexibility index (Phi) is 7.35. The maximum absolute atomic E-state index is 13.1. The molecule has 0 radical (unpaired) electrons. The zero-order valence-electron chi connectivity index (χ0n) is 16.8. The van der Waals surface area contributed by atoms with Gasteiger partial charge in [0, 0.05) is 19.6 Å². The van der Waals surface area contributed by atoms with E-state index in [1.165, 1.54) is 38.5 Å². The summed E-state index contributed by atoms with van der Waals surface area (Å²) in [6, 6.07) is 4.59. The first-order chi connectivity index (χ1) is 13.5. The summed E-state index contributed by atoms with van der Waals surface area (Å²) in [5, 5.41) is 2.98. The fraction of sp³-hybridized carbons (Fsp3) is 0.667. The Morgan fingerprint density at radius 2 is 1.71 bits per heavy atom. The van der Waals surface area contributed by atoms with Crippen LogP contribution in [-0.2, 0) is 10.0 Å². The molecule has 7 heteroatoms. The second-order valence-corrected chi connectivity index (χ2v) is 9.83. The highest BCUT2D eigenvalue weighted by atomic mass is 32.2. The molecule has 1 N–H and O–H groups in total. The van der Waals surface area contributed by atoms with Crippen molar-refractivity contribution in [2.45, 2.75) is 62.7 Å². The maximum Gasteiger partial charge on any atom is 0.255 e. The molecule has 28 heavy (non-hydrogen) atoms. The van der Waals surface area contributed by atoms with E-state index in [1.54, 1.807) is 10.4 Å². The third-order valence-corrected chi connectivity index (χ3v) is 7.79. The van der Waals surface area contributed by atoms with Crippen molar-refractivity contribution < 1.29 is 17.9 Å². The van der Waals surface area contributed by atoms with E-state index in [0.717, 1.165) is 38.5 Å². The number of amides is 1. The van der Waals surface area contributed by atoms with Gasteiger partial charge in [0.15, 0.2) is 0 Å². The molecule has 0 aromatic heterocycles. The highest BCUT2D eigenvalue weighted by Crippen LogP contribution is 2.27. The standard InChI is InChI=1S/C21H32N2O4S/c1-27-20-12-11-18(28(25,26)23-13-7-2-3-8-14-23)15-19(20)21(24)22-16-17-9-5-4-6-10-17/h11-12,15,17H,2-10,13-14,16H2,1H3,(H,22,24). The summed E-state index contributed by atoms with van der Waals surface area (Å²) in [6.45, 7) is 1.71. The fourth-order valence-corrected chi connectivity index (χ4v) is 5.72. The third kappa shape index (κ3) is 5.06. The van der Waals surface area contributed by atoms with E-state index in [-0.39, 0.29) is 16.4 Å². The molecule has 156 valence electrons. The number of carbonyl (C=O) groups is 1. The normalized spacial score (nSPS) is 19.8. The van der Waals surface area contributed by atoms with Gasteiger partial charge in [-0.3, -0.25) is 4.79 Å². The summed E-state index contributed by atoms with van der Waals surface area (Å²) in [4.78, 5) is 12.9. The first-order valence-corrected chi connectivity index (χ1v) is 11.9. The van der Waals surface area contributed by atoms with Crippen LogP contribution < -0.4 is 10.1 Å². The average Bonchev–Trinajstić information content (AvgIpc) is 3.02. The Morgan fingerprint density at radius 1 is 1.07 bits per heavy atom. The Labute approximate surface area is 168 Å². The van der Waals surface area contributed by atoms with Gasteiger partial charge in [-0.2, -0.15) is 4.31 Å². The SMILES string of the molecule is COc1ccc(S(=O)(=O)N2CCCCCC2)cc1C(=O)NCC1CCCCC1. The van der Waals surface area contributed by atoms with Crippen LogP contribution in [0.2, 0.25) is 0 Å². The van der Waals surface area contributed by atoms with Crippen molar-refractivity contribution >= 4 is 15.9 Å². The molecular weight excluding hydrogens is 376 g/mol. The van der Waals surface area contributed by atoms with Crippen LogP contribution in [0.25, 0.3) is 0 Å². The summed E-state index contributed by atoms with van der Waals surface area (Å²) < 4.78 is 33.0.